The normalized spacial score (nSPS) is 26.5. The minimum absolute atomic E-state index is 0.0592. The third-order valence-electron chi connectivity index (χ3n) is 10.9. The number of hydrogen-bond donors (Lipinski definition) is 6. The molecule has 5 aliphatic rings. The lowest BCUT2D eigenvalue weighted by molar-refractivity contribution is -0.161. The summed E-state index contributed by atoms with van der Waals surface area (Å²) in [5.41, 5.74) is 0.422. The summed E-state index contributed by atoms with van der Waals surface area (Å²) in [6.45, 7) is 6.39. The lowest BCUT2D eigenvalue weighted by Gasteiger charge is -2.44. The molecule has 5 aliphatic heterocycles. The molecule has 26 heteroatoms. The second-order valence-electron chi connectivity index (χ2n) is 16.0. The fraction of sp³-hybridized carbons (Fsp3) is 0.459. The number of thioether (sulfide) groups is 2. The second-order valence-corrected chi connectivity index (χ2v) is 23.0. The van der Waals surface area contributed by atoms with Crippen molar-refractivity contribution in [1.82, 2.24) is 35.0 Å². The third-order valence-corrected chi connectivity index (χ3v) is 16.2. The first-order valence-corrected chi connectivity index (χ1v) is 24.0. The number of sulfonamides is 1. The van der Waals surface area contributed by atoms with Crippen LogP contribution in [0, 0.1) is 0 Å². The predicted molar refractivity (Wildman–Crippen MR) is 223 cm³/mol. The van der Waals surface area contributed by atoms with Crippen molar-refractivity contribution < 1.29 is 70.0 Å². The van der Waals surface area contributed by atoms with Gasteiger partial charge in [0.2, 0.25) is 33.7 Å². The Kier molecular flexibility index (Phi) is 12.6. The predicted octanol–water partition coefficient (Wildman–Crippen LogP) is 0.0134. The van der Waals surface area contributed by atoms with Crippen LogP contribution in [0.5, 0.6) is 0 Å². The molecule has 0 radical (unpaired) electrons. The molecule has 5 fully saturated rings. The van der Waals surface area contributed by atoms with E-state index in [4.69, 9.17) is 0 Å². The van der Waals surface area contributed by atoms with Gasteiger partial charge < -0.3 is 36.0 Å². The van der Waals surface area contributed by atoms with Crippen LogP contribution < -0.4 is 16.0 Å². The monoisotopic (exact) mass is 953 g/mol. The van der Waals surface area contributed by atoms with Crippen molar-refractivity contribution in [2.75, 3.05) is 19.3 Å². The van der Waals surface area contributed by atoms with Gasteiger partial charge in [0.15, 0.2) is 5.25 Å². The number of urea groups is 2. The highest BCUT2D eigenvalue weighted by Gasteiger charge is 2.65. The van der Waals surface area contributed by atoms with Gasteiger partial charge in [-0.15, -0.1) is 23.5 Å². The Bertz CT molecular complexity index is 2480. The molecule has 340 valence electrons. The number of carboxylic acid groups (broad SMARTS) is 2. The minimum atomic E-state index is -4.77. The molecule has 6 N–H and O–H groups in total. The molecule has 0 spiro atoms. The van der Waals surface area contributed by atoms with Gasteiger partial charge >= 0.3 is 24.0 Å². The molecular weight excluding hydrogens is 911 g/mol. The van der Waals surface area contributed by atoms with Crippen molar-refractivity contribution in [1.29, 1.82) is 0 Å². The van der Waals surface area contributed by atoms with Gasteiger partial charge in [-0.3, -0.25) is 23.7 Å². The number of nitrogens with one attached hydrogen (secondary N) is 3. The van der Waals surface area contributed by atoms with E-state index in [0.717, 1.165) is 6.26 Å². The van der Waals surface area contributed by atoms with Gasteiger partial charge in [-0.05, 0) is 38.8 Å². The molecule has 8 amide bonds. The molecule has 0 aliphatic carbocycles. The number of imide groups is 1. The number of carboxylic acids is 2. The summed E-state index contributed by atoms with van der Waals surface area (Å²) in [5, 5.41) is 23.3. The van der Waals surface area contributed by atoms with Crippen LogP contribution >= 0.6 is 23.5 Å². The van der Waals surface area contributed by atoms with Crippen LogP contribution in [0.25, 0.3) is 0 Å². The van der Waals surface area contributed by atoms with E-state index >= 15 is 0 Å². The van der Waals surface area contributed by atoms with Gasteiger partial charge in [-0.1, -0.05) is 60.7 Å². The van der Waals surface area contributed by atoms with Gasteiger partial charge in [-0.2, -0.15) is 8.42 Å². The number of aliphatic carboxylic acids is 2. The van der Waals surface area contributed by atoms with E-state index in [1.54, 1.807) is 64.1 Å². The first-order chi connectivity index (χ1) is 29.2. The Labute approximate surface area is 369 Å². The molecular formula is C37H43N7O15S4. The van der Waals surface area contributed by atoms with Gasteiger partial charge in [-0.25, -0.2) is 36.8 Å². The number of benzene rings is 2. The van der Waals surface area contributed by atoms with Crippen LogP contribution in [0.2, 0.25) is 0 Å². The van der Waals surface area contributed by atoms with Crippen LogP contribution in [-0.4, -0.2) is 162 Å². The minimum Gasteiger partial charge on any atom is -0.480 e. The fourth-order valence-electron chi connectivity index (χ4n) is 8.00. The van der Waals surface area contributed by atoms with E-state index in [-0.39, 0.29) is 18.7 Å². The summed E-state index contributed by atoms with van der Waals surface area (Å²) in [5.74, 6) is -5.21. The quantitative estimate of drug-likeness (QED) is 0.128. The zero-order valence-electron chi connectivity index (χ0n) is 34.0. The van der Waals surface area contributed by atoms with E-state index < -0.39 is 123 Å². The van der Waals surface area contributed by atoms with E-state index in [1.165, 1.54) is 57.6 Å². The summed E-state index contributed by atoms with van der Waals surface area (Å²) in [6.07, 6.45) is 0.850. The molecule has 2 aromatic carbocycles. The van der Waals surface area contributed by atoms with Crippen molar-refractivity contribution >= 4 is 91.3 Å². The highest BCUT2D eigenvalue weighted by molar-refractivity contribution is 8.02. The van der Waals surface area contributed by atoms with Gasteiger partial charge in [0, 0.05) is 9.49 Å². The number of hydrogen-bond acceptors (Lipinski definition) is 14. The first kappa shape index (κ1) is 47.0. The number of β-lactam (4-membered cyclic amide) rings is 2. The maximum absolute atomic E-state index is 13.3. The molecule has 0 aromatic heterocycles. The number of nitrogens with zero attached hydrogens (tertiary/aromatic N) is 4. The summed E-state index contributed by atoms with van der Waals surface area (Å²) >= 11 is 2.48. The van der Waals surface area contributed by atoms with Gasteiger partial charge in [0.25, 0.3) is 10.1 Å². The van der Waals surface area contributed by atoms with Crippen molar-refractivity contribution in [3.8, 4) is 0 Å². The SMILES string of the molecule is CC1(C)S[C@@H]2[C@H](NC(=O)[C@@H](c3ccccc3)S(=O)(=O)O)C(=O)N2[C@H]1C(=O)O.CC1(C)S[C@@H]2[C@H](NC(=O)[C@H](NC(=O)N3CCN(S(C)(=O)=O)C3=O)c3ccccc3)C(=O)N2[C@H]1C(=O)O. The molecule has 8 atom stereocenters. The molecule has 5 saturated heterocycles. The molecule has 0 saturated carbocycles. The Balaban J connectivity index is 0.000000219. The number of carbonyl (C=O) groups is 8. The van der Waals surface area contributed by atoms with Crippen LogP contribution in [0.4, 0.5) is 9.59 Å². The summed E-state index contributed by atoms with van der Waals surface area (Å²) in [6, 6.07) is 8.07. The molecule has 22 nitrogen and oxygen atoms in total. The number of fused-ring (bicyclic) bond motifs is 2. The zero-order valence-corrected chi connectivity index (χ0v) is 37.2. The largest absolute Gasteiger partial charge is 0.480 e. The molecule has 0 unspecified atom stereocenters. The molecule has 2 aromatic rings. The summed E-state index contributed by atoms with van der Waals surface area (Å²) in [4.78, 5) is 103. The molecule has 0 bridgehead atoms. The Morgan fingerprint density at radius 1 is 0.698 bits per heavy atom. The first-order valence-electron chi connectivity index (χ1n) is 18.9. The third kappa shape index (κ3) is 8.90. The lowest BCUT2D eigenvalue weighted by Crippen LogP contribution is -2.71. The van der Waals surface area contributed by atoms with Crippen LogP contribution in [-0.2, 0) is 48.9 Å². The van der Waals surface area contributed by atoms with E-state index in [9.17, 15) is 70.0 Å². The maximum atomic E-state index is 13.3. The topological polar surface area (TPSA) is 315 Å². The van der Waals surface area contributed by atoms with E-state index in [2.05, 4.69) is 16.0 Å². The molecule has 7 rings (SSSR count). The van der Waals surface area contributed by atoms with Gasteiger partial charge in [0.1, 0.15) is 41.0 Å². The van der Waals surface area contributed by atoms with Crippen molar-refractivity contribution in [2.45, 2.75) is 83.4 Å². The number of rotatable bonds is 11. The van der Waals surface area contributed by atoms with Gasteiger partial charge in [0.05, 0.1) is 19.3 Å². The van der Waals surface area contributed by atoms with Crippen molar-refractivity contribution in [3.05, 3.63) is 71.8 Å². The standard InChI is InChI=1S/C21H25N5O8S2.C16H18N2O7S2/c1-21(2)14(18(29)30)26-16(28)13(17(26)35-21)22-15(27)12(11-7-5-4-6-8-11)23-19(31)24-9-10-25(20(24)32)36(3,33)34;1-16(2)11(15(21)22)18-13(20)9(14(18)26-16)17-12(19)10(27(23,24)25)8-6-4-3-5-7-8/h4-8,12-14,17H,9-10H2,1-3H3,(H,22,27)(H,23,31)(H,29,30);3-7,9-11,14H,1-2H3,(H,17,19)(H,21,22)(H,23,24,25)/t12-,13-,14+,17-;9-,10-,11+,14-/m11/s1. The summed E-state index contributed by atoms with van der Waals surface area (Å²) in [7, 11) is -8.64. The summed E-state index contributed by atoms with van der Waals surface area (Å²) < 4.78 is 55.5. The van der Waals surface area contributed by atoms with Crippen LogP contribution in [0.15, 0.2) is 60.7 Å². The van der Waals surface area contributed by atoms with Crippen LogP contribution in [0.1, 0.15) is 50.1 Å². The lowest BCUT2D eigenvalue weighted by atomic mass is 9.95. The maximum Gasteiger partial charge on any atom is 0.341 e. The number of amides is 8. The Morgan fingerprint density at radius 3 is 1.52 bits per heavy atom. The Morgan fingerprint density at radius 2 is 1.13 bits per heavy atom. The van der Waals surface area contributed by atoms with E-state index in [1.807, 2.05) is 0 Å². The second kappa shape index (κ2) is 16.9. The fourth-order valence-corrected chi connectivity index (χ4v) is 12.9. The molecule has 5 heterocycles. The van der Waals surface area contributed by atoms with Crippen molar-refractivity contribution in [3.63, 3.8) is 0 Å². The van der Waals surface area contributed by atoms with Crippen molar-refractivity contribution in [2.24, 2.45) is 0 Å². The number of carbonyl (C=O) groups excluding carboxylic acids is 6. The average Bonchev–Trinajstić information content (AvgIpc) is 3.80. The van der Waals surface area contributed by atoms with Crippen LogP contribution in [0.3, 0.4) is 0 Å². The molecule has 63 heavy (non-hydrogen) atoms. The van der Waals surface area contributed by atoms with E-state index in [0.29, 0.717) is 14.8 Å². The highest BCUT2D eigenvalue weighted by Crippen LogP contribution is 2.52. The highest BCUT2D eigenvalue weighted by atomic mass is 32.2. The zero-order chi connectivity index (χ0) is 46.7. The average molecular weight is 954 g/mol. The smallest absolute Gasteiger partial charge is 0.341 e. The Hall–Kier alpha value is -5.44.